The Balaban J connectivity index is 1.43. The van der Waals surface area contributed by atoms with Gasteiger partial charge in [0.1, 0.15) is 5.76 Å². The molecule has 1 fully saturated rings. The maximum absolute atomic E-state index is 13.5. The first kappa shape index (κ1) is 24.7. The third kappa shape index (κ3) is 5.73. The molecule has 1 aliphatic heterocycles. The van der Waals surface area contributed by atoms with E-state index >= 15 is 0 Å². The van der Waals surface area contributed by atoms with Crippen molar-refractivity contribution in [2.24, 2.45) is 0 Å². The van der Waals surface area contributed by atoms with Gasteiger partial charge >= 0.3 is 0 Å². The van der Waals surface area contributed by atoms with Crippen molar-refractivity contribution in [3.8, 4) is 0 Å². The van der Waals surface area contributed by atoms with Gasteiger partial charge in [-0.25, -0.2) is 4.98 Å². The summed E-state index contributed by atoms with van der Waals surface area (Å²) < 4.78 is 12.6. The van der Waals surface area contributed by atoms with Gasteiger partial charge < -0.3 is 14.5 Å². The molecular weight excluding hydrogens is 496 g/mol. The van der Waals surface area contributed by atoms with Crippen molar-refractivity contribution in [3.63, 3.8) is 0 Å². The van der Waals surface area contributed by atoms with E-state index in [4.69, 9.17) is 14.1 Å². The standard InChI is InChI=1S/C26H24N4O6S/c31-24(27-14-20-3-1-11-35-20)18-7-10-22-23(13-18)28-26(29(25(22)32)15-21-4-2-12-36-21)37-16-17-5-8-19(9-6-17)30(33)34/h2,4-10,12-13,20H,1,3,11,14-16H2,(H,27,31). The van der Waals surface area contributed by atoms with Crippen molar-refractivity contribution < 1.29 is 18.9 Å². The molecule has 1 saturated heterocycles. The van der Waals surface area contributed by atoms with E-state index in [-0.39, 0.29) is 29.8 Å². The molecule has 0 spiro atoms. The Bertz CT molecular complexity index is 1480. The van der Waals surface area contributed by atoms with Crippen LogP contribution in [0.4, 0.5) is 5.69 Å². The number of nitrogens with zero attached hydrogens (tertiary/aromatic N) is 3. The number of amides is 1. The highest BCUT2D eigenvalue weighted by Crippen LogP contribution is 2.25. The summed E-state index contributed by atoms with van der Waals surface area (Å²) in [6.45, 7) is 1.34. The number of carbonyl (C=O) groups excluding carboxylic acids is 1. The van der Waals surface area contributed by atoms with Crippen LogP contribution in [0.5, 0.6) is 0 Å². The van der Waals surface area contributed by atoms with Crippen LogP contribution in [0.1, 0.15) is 34.5 Å². The molecule has 0 saturated carbocycles. The summed E-state index contributed by atoms with van der Waals surface area (Å²) in [5.74, 6) is 0.792. The normalized spacial score (nSPS) is 15.2. The van der Waals surface area contributed by atoms with E-state index in [0.29, 0.717) is 46.3 Å². The molecule has 1 amide bonds. The van der Waals surface area contributed by atoms with E-state index in [1.807, 2.05) is 0 Å². The van der Waals surface area contributed by atoms with Crippen LogP contribution in [0.3, 0.4) is 0 Å². The minimum Gasteiger partial charge on any atom is -0.467 e. The fourth-order valence-electron chi connectivity index (χ4n) is 4.13. The number of hydrogen-bond donors (Lipinski definition) is 1. The zero-order valence-corrected chi connectivity index (χ0v) is 20.6. The number of ether oxygens (including phenoxy) is 1. The fraction of sp³-hybridized carbons (Fsp3) is 0.269. The molecule has 1 unspecified atom stereocenters. The Hall–Kier alpha value is -3.96. The monoisotopic (exact) mass is 520 g/mol. The summed E-state index contributed by atoms with van der Waals surface area (Å²) in [6, 6.07) is 14.6. The van der Waals surface area contributed by atoms with Crippen molar-refractivity contribution >= 4 is 34.3 Å². The molecule has 1 aliphatic rings. The lowest BCUT2D eigenvalue weighted by Crippen LogP contribution is -2.31. The van der Waals surface area contributed by atoms with Crippen molar-refractivity contribution in [2.45, 2.75) is 36.4 Å². The largest absolute Gasteiger partial charge is 0.467 e. The number of non-ortho nitro benzene ring substituents is 1. The van der Waals surface area contributed by atoms with Crippen LogP contribution in [-0.4, -0.2) is 39.6 Å². The van der Waals surface area contributed by atoms with E-state index in [0.717, 1.165) is 18.4 Å². The van der Waals surface area contributed by atoms with Gasteiger partial charge in [-0.1, -0.05) is 23.9 Å². The van der Waals surface area contributed by atoms with Crippen molar-refractivity contribution in [2.75, 3.05) is 13.2 Å². The lowest BCUT2D eigenvalue weighted by Gasteiger charge is -2.13. The molecule has 0 radical (unpaired) electrons. The molecule has 1 atom stereocenters. The smallest absolute Gasteiger partial charge is 0.269 e. The molecule has 10 nitrogen and oxygen atoms in total. The van der Waals surface area contributed by atoms with Gasteiger partial charge in [-0.3, -0.25) is 24.3 Å². The molecule has 11 heteroatoms. The Morgan fingerprint density at radius 2 is 2.05 bits per heavy atom. The third-order valence-corrected chi connectivity index (χ3v) is 7.15. The number of nitrogens with one attached hydrogen (secondary N) is 1. The van der Waals surface area contributed by atoms with E-state index < -0.39 is 4.92 Å². The number of furan rings is 1. The Labute approximate surface area is 215 Å². The van der Waals surface area contributed by atoms with E-state index in [1.165, 1.54) is 28.5 Å². The summed E-state index contributed by atoms with van der Waals surface area (Å²) in [5, 5.41) is 14.7. The summed E-state index contributed by atoms with van der Waals surface area (Å²) >= 11 is 1.33. The van der Waals surface area contributed by atoms with E-state index in [2.05, 4.69) is 5.32 Å². The molecule has 0 aliphatic carbocycles. The Morgan fingerprint density at radius 1 is 1.22 bits per heavy atom. The number of rotatable bonds is 9. The van der Waals surface area contributed by atoms with Crippen molar-refractivity contribution in [1.82, 2.24) is 14.9 Å². The first-order valence-corrected chi connectivity index (χ1v) is 12.8. The highest BCUT2D eigenvalue weighted by molar-refractivity contribution is 7.98. The lowest BCUT2D eigenvalue weighted by molar-refractivity contribution is -0.384. The minimum atomic E-state index is -0.447. The average Bonchev–Trinajstić information content (AvgIpc) is 3.62. The van der Waals surface area contributed by atoms with Gasteiger partial charge in [-0.15, -0.1) is 0 Å². The topological polar surface area (TPSA) is 130 Å². The lowest BCUT2D eigenvalue weighted by atomic mass is 10.1. The number of thioether (sulfide) groups is 1. The quantitative estimate of drug-likeness (QED) is 0.151. The highest BCUT2D eigenvalue weighted by Gasteiger charge is 2.18. The number of carbonyl (C=O) groups is 1. The van der Waals surface area contributed by atoms with Crippen LogP contribution in [0.2, 0.25) is 0 Å². The van der Waals surface area contributed by atoms with E-state index in [9.17, 15) is 19.7 Å². The number of fused-ring (bicyclic) bond motifs is 1. The molecule has 2 aromatic carbocycles. The molecule has 4 aromatic rings. The molecule has 190 valence electrons. The van der Waals surface area contributed by atoms with Gasteiger partial charge in [0.2, 0.25) is 0 Å². The number of nitro groups is 1. The predicted octanol–water partition coefficient (Wildman–Crippen LogP) is 4.15. The zero-order chi connectivity index (χ0) is 25.8. The first-order valence-electron chi connectivity index (χ1n) is 11.8. The van der Waals surface area contributed by atoms with Gasteiger partial charge in [-0.2, -0.15) is 0 Å². The summed E-state index contributed by atoms with van der Waals surface area (Å²) in [6.07, 6.45) is 3.48. The first-order chi connectivity index (χ1) is 18.0. The second kappa shape index (κ2) is 11.0. The number of benzene rings is 2. The van der Waals surface area contributed by atoms with Crippen LogP contribution >= 0.6 is 11.8 Å². The molecule has 0 bridgehead atoms. The van der Waals surface area contributed by atoms with Gasteiger partial charge in [-0.05, 0) is 48.7 Å². The summed E-state index contributed by atoms with van der Waals surface area (Å²) in [5.41, 5.74) is 1.43. The van der Waals surface area contributed by atoms with E-state index in [1.54, 1.807) is 48.7 Å². The van der Waals surface area contributed by atoms with Gasteiger partial charge in [0.25, 0.3) is 17.2 Å². The number of hydrogen-bond acceptors (Lipinski definition) is 8. The SMILES string of the molecule is O=C(NCC1CCCO1)c1ccc2c(=O)n(Cc3ccco3)c(SCc3ccc([N+](=O)[O-])cc3)nc2c1. The Kier molecular flexibility index (Phi) is 7.33. The van der Waals surface area contributed by atoms with Crippen molar-refractivity contribution in [3.05, 3.63) is 98.2 Å². The second-order valence-electron chi connectivity index (χ2n) is 8.65. The molecule has 2 aromatic heterocycles. The number of aromatic nitrogens is 2. The van der Waals surface area contributed by atoms with Crippen LogP contribution in [-0.2, 0) is 17.0 Å². The molecule has 3 heterocycles. The fourth-order valence-corrected chi connectivity index (χ4v) is 5.08. The van der Waals surface area contributed by atoms with Gasteiger partial charge in [0.15, 0.2) is 5.16 Å². The summed E-state index contributed by atoms with van der Waals surface area (Å²) in [4.78, 5) is 41.4. The molecule has 1 N–H and O–H groups in total. The van der Waals surface area contributed by atoms with Crippen molar-refractivity contribution in [1.29, 1.82) is 0 Å². The minimum absolute atomic E-state index is 0.0117. The molecule has 37 heavy (non-hydrogen) atoms. The van der Waals surface area contributed by atoms with Gasteiger partial charge in [0, 0.05) is 36.6 Å². The maximum Gasteiger partial charge on any atom is 0.269 e. The Morgan fingerprint density at radius 3 is 2.76 bits per heavy atom. The zero-order valence-electron chi connectivity index (χ0n) is 19.8. The maximum atomic E-state index is 13.5. The number of nitro benzene ring substituents is 1. The summed E-state index contributed by atoms with van der Waals surface area (Å²) in [7, 11) is 0. The molecule has 5 rings (SSSR count). The predicted molar refractivity (Wildman–Crippen MR) is 138 cm³/mol. The molecular formula is C26H24N4O6S. The average molecular weight is 521 g/mol. The van der Waals surface area contributed by atoms with Crippen LogP contribution < -0.4 is 10.9 Å². The van der Waals surface area contributed by atoms with Crippen LogP contribution in [0.15, 0.2) is 75.2 Å². The highest BCUT2D eigenvalue weighted by atomic mass is 32.2. The van der Waals surface area contributed by atoms with Crippen LogP contribution in [0.25, 0.3) is 10.9 Å². The van der Waals surface area contributed by atoms with Crippen LogP contribution in [0, 0.1) is 10.1 Å². The van der Waals surface area contributed by atoms with Gasteiger partial charge in [0.05, 0.1) is 34.7 Å². The second-order valence-corrected chi connectivity index (χ2v) is 9.60. The third-order valence-electron chi connectivity index (χ3n) is 6.11.